The molecule has 0 aliphatic heterocycles. The molecule has 3 aromatic rings. The summed E-state index contributed by atoms with van der Waals surface area (Å²) < 4.78 is 21.8. The monoisotopic (exact) mass is 445 g/mol. The van der Waals surface area contributed by atoms with Gasteiger partial charge in [-0.15, -0.1) is 0 Å². The van der Waals surface area contributed by atoms with E-state index >= 15 is 0 Å². The number of pyridine rings is 1. The molecule has 0 saturated heterocycles. The van der Waals surface area contributed by atoms with Gasteiger partial charge in [0.25, 0.3) is 0 Å². The molecule has 1 amide bonds. The number of methoxy groups -OCH3 is 2. The van der Waals surface area contributed by atoms with Crippen LogP contribution in [0.1, 0.15) is 11.1 Å². The first kappa shape index (κ1) is 23.2. The molecule has 0 saturated carbocycles. The van der Waals surface area contributed by atoms with E-state index < -0.39 is 0 Å². The molecule has 0 fully saturated rings. The van der Waals surface area contributed by atoms with Gasteiger partial charge in [-0.1, -0.05) is 12.1 Å². The Morgan fingerprint density at radius 3 is 2.58 bits per heavy atom. The van der Waals surface area contributed by atoms with Gasteiger partial charge in [-0.25, -0.2) is 0 Å². The fourth-order valence-electron chi connectivity index (χ4n) is 2.88. The van der Waals surface area contributed by atoms with Gasteiger partial charge in [-0.3, -0.25) is 9.78 Å². The molecule has 0 spiro atoms. The first-order valence-electron chi connectivity index (χ1n) is 9.99. The van der Waals surface area contributed by atoms with Crippen LogP contribution in [0.5, 0.6) is 23.0 Å². The lowest BCUT2D eigenvalue weighted by Crippen LogP contribution is -2.08. The first-order chi connectivity index (χ1) is 16.1. The summed E-state index contributed by atoms with van der Waals surface area (Å²) in [6.45, 7) is 0.237. The minimum Gasteiger partial charge on any atom is -0.493 e. The molecule has 8 heteroatoms. The summed E-state index contributed by atoms with van der Waals surface area (Å²) in [5.74, 6) is 1.66. The van der Waals surface area contributed by atoms with Crippen molar-refractivity contribution >= 4 is 17.7 Å². The minimum atomic E-state index is -0.317. The molecule has 0 radical (unpaired) electrons. The van der Waals surface area contributed by atoms with Crippen LogP contribution in [-0.2, 0) is 11.4 Å². The number of nitriles is 1. The lowest BCUT2D eigenvalue weighted by molar-refractivity contribution is -0.111. The SMILES string of the molecule is COc1cc(C=CC(=O)Nc2ccc(OC)c(OCc3cccnc3)c2)ccc1OCC#N. The van der Waals surface area contributed by atoms with E-state index in [0.717, 1.165) is 11.1 Å². The largest absolute Gasteiger partial charge is 0.493 e. The molecular formula is C25H23N3O5. The van der Waals surface area contributed by atoms with Crippen LogP contribution in [0.3, 0.4) is 0 Å². The van der Waals surface area contributed by atoms with Gasteiger partial charge in [0, 0.05) is 35.8 Å². The summed E-state index contributed by atoms with van der Waals surface area (Å²) in [6, 6.07) is 16.0. The van der Waals surface area contributed by atoms with Crippen LogP contribution in [0.25, 0.3) is 6.08 Å². The number of hydrogen-bond donors (Lipinski definition) is 1. The summed E-state index contributed by atoms with van der Waals surface area (Å²) in [4.78, 5) is 16.5. The minimum absolute atomic E-state index is 0.0796. The topological polar surface area (TPSA) is 103 Å². The molecule has 0 aliphatic rings. The number of amides is 1. The van der Waals surface area contributed by atoms with Crippen molar-refractivity contribution in [2.75, 3.05) is 26.1 Å². The standard InChI is InChI=1S/C25H23N3O5/c1-30-21-9-7-20(15-24(21)33-17-19-4-3-12-27-16-19)28-25(29)10-6-18-5-8-22(32-13-11-26)23(14-18)31-2/h3-10,12,14-16H,13,17H2,1-2H3,(H,28,29). The highest BCUT2D eigenvalue weighted by Gasteiger charge is 2.09. The van der Waals surface area contributed by atoms with Crippen molar-refractivity contribution in [1.82, 2.24) is 4.98 Å². The Morgan fingerprint density at radius 2 is 1.85 bits per heavy atom. The summed E-state index contributed by atoms with van der Waals surface area (Å²) in [7, 11) is 3.06. The fourth-order valence-corrected chi connectivity index (χ4v) is 2.88. The molecular weight excluding hydrogens is 422 g/mol. The highest BCUT2D eigenvalue weighted by Crippen LogP contribution is 2.31. The van der Waals surface area contributed by atoms with Crippen molar-refractivity contribution in [1.29, 1.82) is 5.26 Å². The quantitative estimate of drug-likeness (QED) is 0.466. The number of ether oxygens (including phenoxy) is 4. The third-order valence-corrected chi connectivity index (χ3v) is 4.46. The van der Waals surface area contributed by atoms with Gasteiger partial charge in [0.2, 0.25) is 5.91 Å². The van der Waals surface area contributed by atoms with Gasteiger partial charge >= 0.3 is 0 Å². The summed E-state index contributed by atoms with van der Waals surface area (Å²) >= 11 is 0. The zero-order chi connectivity index (χ0) is 23.5. The van der Waals surface area contributed by atoms with Crippen LogP contribution in [0, 0.1) is 11.3 Å². The van der Waals surface area contributed by atoms with Crippen molar-refractivity contribution in [3.05, 3.63) is 78.1 Å². The van der Waals surface area contributed by atoms with Crippen LogP contribution < -0.4 is 24.3 Å². The van der Waals surface area contributed by atoms with Gasteiger partial charge < -0.3 is 24.3 Å². The number of anilines is 1. The zero-order valence-electron chi connectivity index (χ0n) is 18.3. The fraction of sp³-hybridized carbons (Fsp3) is 0.160. The Balaban J connectivity index is 1.66. The van der Waals surface area contributed by atoms with Crippen LogP contribution in [0.15, 0.2) is 67.0 Å². The second kappa shape index (κ2) is 11.8. The maximum atomic E-state index is 12.4. The highest BCUT2D eigenvalue weighted by atomic mass is 16.5. The number of carbonyl (C=O) groups excluding carboxylic acids is 1. The summed E-state index contributed by atoms with van der Waals surface area (Å²) in [6.07, 6.45) is 6.47. The van der Waals surface area contributed by atoms with Crippen LogP contribution in [-0.4, -0.2) is 31.7 Å². The number of rotatable bonds is 10. The summed E-state index contributed by atoms with van der Waals surface area (Å²) in [5.41, 5.74) is 2.21. The summed E-state index contributed by atoms with van der Waals surface area (Å²) in [5, 5.41) is 11.5. The number of nitrogens with zero attached hydrogens (tertiary/aromatic N) is 2. The number of carbonyl (C=O) groups is 1. The molecule has 1 N–H and O–H groups in total. The molecule has 33 heavy (non-hydrogen) atoms. The number of aromatic nitrogens is 1. The van der Waals surface area contributed by atoms with Crippen molar-refractivity contribution in [3.8, 4) is 29.1 Å². The zero-order valence-corrected chi connectivity index (χ0v) is 18.3. The van der Waals surface area contributed by atoms with E-state index in [2.05, 4.69) is 10.3 Å². The van der Waals surface area contributed by atoms with E-state index in [4.69, 9.17) is 24.2 Å². The normalized spacial score (nSPS) is 10.3. The van der Waals surface area contributed by atoms with E-state index in [1.54, 1.807) is 62.0 Å². The average Bonchev–Trinajstić information content (AvgIpc) is 2.86. The molecule has 0 atom stereocenters. The van der Waals surface area contributed by atoms with E-state index in [1.165, 1.54) is 13.2 Å². The maximum absolute atomic E-state index is 12.4. The number of benzene rings is 2. The van der Waals surface area contributed by atoms with Gasteiger partial charge in [-0.05, 0) is 42.0 Å². The molecule has 3 rings (SSSR count). The van der Waals surface area contributed by atoms with Crippen LogP contribution >= 0.6 is 0 Å². The maximum Gasteiger partial charge on any atom is 0.248 e. The smallest absolute Gasteiger partial charge is 0.248 e. The molecule has 8 nitrogen and oxygen atoms in total. The van der Waals surface area contributed by atoms with Crippen LogP contribution in [0.4, 0.5) is 5.69 Å². The number of hydrogen-bond acceptors (Lipinski definition) is 7. The molecule has 0 aliphatic carbocycles. The Bertz CT molecular complexity index is 1160. The highest BCUT2D eigenvalue weighted by molar-refractivity contribution is 6.02. The third kappa shape index (κ3) is 6.74. The molecule has 1 aromatic heterocycles. The second-order valence-corrected chi connectivity index (χ2v) is 6.70. The van der Waals surface area contributed by atoms with Crippen molar-refractivity contribution in [2.45, 2.75) is 6.61 Å². The van der Waals surface area contributed by atoms with Gasteiger partial charge in [0.05, 0.1) is 14.2 Å². The molecule has 1 heterocycles. The van der Waals surface area contributed by atoms with E-state index in [0.29, 0.717) is 35.3 Å². The Hall–Kier alpha value is -4.51. The Kier molecular flexibility index (Phi) is 8.26. The predicted molar refractivity (Wildman–Crippen MR) is 123 cm³/mol. The molecule has 0 bridgehead atoms. The number of nitrogens with one attached hydrogen (secondary N) is 1. The van der Waals surface area contributed by atoms with Crippen molar-refractivity contribution < 1.29 is 23.7 Å². The van der Waals surface area contributed by atoms with Crippen molar-refractivity contribution in [2.24, 2.45) is 0 Å². The van der Waals surface area contributed by atoms with Gasteiger partial charge in [-0.2, -0.15) is 5.26 Å². The lowest BCUT2D eigenvalue weighted by atomic mass is 10.2. The van der Waals surface area contributed by atoms with E-state index in [9.17, 15) is 4.79 Å². The van der Waals surface area contributed by atoms with E-state index in [-0.39, 0.29) is 12.5 Å². The third-order valence-electron chi connectivity index (χ3n) is 4.46. The van der Waals surface area contributed by atoms with Crippen molar-refractivity contribution in [3.63, 3.8) is 0 Å². The molecule has 0 unspecified atom stereocenters. The first-order valence-corrected chi connectivity index (χ1v) is 9.99. The van der Waals surface area contributed by atoms with E-state index in [1.807, 2.05) is 18.2 Å². The average molecular weight is 445 g/mol. The van der Waals surface area contributed by atoms with Crippen LogP contribution in [0.2, 0.25) is 0 Å². The van der Waals surface area contributed by atoms with Gasteiger partial charge in [0.15, 0.2) is 29.6 Å². The Morgan fingerprint density at radius 1 is 1.03 bits per heavy atom. The second-order valence-electron chi connectivity index (χ2n) is 6.70. The predicted octanol–water partition coefficient (Wildman–Crippen LogP) is 4.23. The lowest BCUT2D eigenvalue weighted by Gasteiger charge is -2.12. The molecule has 168 valence electrons. The van der Waals surface area contributed by atoms with Gasteiger partial charge in [0.1, 0.15) is 12.7 Å². The Labute approximate surface area is 192 Å². The molecule has 2 aromatic carbocycles.